The summed E-state index contributed by atoms with van der Waals surface area (Å²) in [6.07, 6.45) is -0.614. The fraction of sp³-hybridized carbons (Fsp3) is 0.417. The van der Waals surface area contributed by atoms with Gasteiger partial charge in [-0.1, -0.05) is 62.4 Å². The lowest BCUT2D eigenvalue weighted by Crippen LogP contribution is -2.47. The van der Waals surface area contributed by atoms with Crippen molar-refractivity contribution in [2.75, 3.05) is 6.61 Å². The van der Waals surface area contributed by atoms with Crippen LogP contribution in [-0.4, -0.2) is 30.3 Å². The van der Waals surface area contributed by atoms with Crippen molar-refractivity contribution in [2.45, 2.75) is 52.2 Å². The molecule has 3 rings (SSSR count). The van der Waals surface area contributed by atoms with Crippen molar-refractivity contribution < 1.29 is 19.1 Å². The van der Waals surface area contributed by atoms with Crippen LogP contribution in [0.5, 0.6) is 0 Å². The van der Waals surface area contributed by atoms with Crippen molar-refractivity contribution in [2.24, 2.45) is 5.92 Å². The molecule has 2 aromatic carbocycles. The van der Waals surface area contributed by atoms with Crippen LogP contribution in [0.25, 0.3) is 11.1 Å². The number of nitrogens with one attached hydrogen (secondary N) is 1. The Bertz CT molecular complexity index is 852. The highest BCUT2D eigenvalue weighted by Gasteiger charge is 2.32. The van der Waals surface area contributed by atoms with Gasteiger partial charge in [-0.25, -0.2) is 9.59 Å². The molecule has 0 unspecified atom stereocenters. The van der Waals surface area contributed by atoms with E-state index in [-0.39, 0.29) is 18.4 Å². The number of rotatable bonds is 5. The topological polar surface area (TPSA) is 64.6 Å². The van der Waals surface area contributed by atoms with Crippen molar-refractivity contribution in [1.82, 2.24) is 5.32 Å². The third-order valence-electron chi connectivity index (χ3n) is 4.94. The predicted molar refractivity (Wildman–Crippen MR) is 113 cm³/mol. The number of carbonyl (C=O) groups is 2. The lowest BCUT2D eigenvalue weighted by molar-refractivity contribution is -0.158. The second-order valence-electron chi connectivity index (χ2n) is 8.73. The van der Waals surface area contributed by atoms with Gasteiger partial charge in [0.25, 0.3) is 0 Å². The molecule has 1 amide bonds. The second-order valence-corrected chi connectivity index (χ2v) is 8.73. The molecular weight excluding hydrogens is 366 g/mol. The summed E-state index contributed by atoms with van der Waals surface area (Å²) in [5, 5.41) is 2.68. The van der Waals surface area contributed by atoms with Gasteiger partial charge in [-0.05, 0) is 48.9 Å². The van der Waals surface area contributed by atoms with Crippen molar-refractivity contribution in [3.63, 3.8) is 0 Å². The third kappa shape index (κ3) is 4.78. The van der Waals surface area contributed by atoms with Crippen LogP contribution < -0.4 is 5.32 Å². The van der Waals surface area contributed by atoms with Crippen LogP contribution in [0.2, 0.25) is 0 Å². The maximum Gasteiger partial charge on any atom is 0.407 e. The van der Waals surface area contributed by atoms with Gasteiger partial charge in [-0.15, -0.1) is 0 Å². The standard InChI is InChI=1S/C24H29NO4/c1-15(2)21(22(26)29-24(3,4)5)25-23(27)28-14-20-18-12-8-6-10-16(18)17-11-7-9-13-19(17)20/h6-13,15,20-21H,14H2,1-5H3,(H,25,27)/t21-/m0/s1. The van der Waals surface area contributed by atoms with Crippen LogP contribution in [0.1, 0.15) is 51.7 Å². The normalized spacial score (nSPS) is 14.1. The Morgan fingerprint density at radius 2 is 1.48 bits per heavy atom. The molecule has 0 radical (unpaired) electrons. The molecule has 154 valence electrons. The number of alkyl carbamates (subject to hydrolysis) is 1. The number of carbonyl (C=O) groups excluding carboxylic acids is 2. The first kappa shape index (κ1) is 20.9. The maximum absolute atomic E-state index is 12.5. The molecule has 0 fully saturated rings. The molecule has 5 heteroatoms. The number of ether oxygens (including phenoxy) is 2. The summed E-state index contributed by atoms with van der Waals surface area (Å²) in [5.41, 5.74) is 4.02. The minimum Gasteiger partial charge on any atom is -0.458 e. The highest BCUT2D eigenvalue weighted by atomic mass is 16.6. The SMILES string of the molecule is CC(C)[C@H](NC(=O)OCC1c2ccccc2-c2ccccc21)C(=O)OC(C)(C)C. The summed E-state index contributed by atoms with van der Waals surface area (Å²) in [4.78, 5) is 24.9. The van der Waals surface area contributed by atoms with E-state index in [9.17, 15) is 9.59 Å². The zero-order chi connectivity index (χ0) is 21.2. The molecule has 0 bridgehead atoms. The van der Waals surface area contributed by atoms with Crippen molar-refractivity contribution in [1.29, 1.82) is 0 Å². The first-order valence-corrected chi connectivity index (χ1v) is 10.0. The van der Waals surface area contributed by atoms with Crippen LogP contribution in [0, 0.1) is 5.92 Å². The van der Waals surface area contributed by atoms with E-state index in [1.54, 1.807) is 20.8 Å². The molecule has 1 aliphatic rings. The fourth-order valence-corrected chi connectivity index (χ4v) is 3.63. The zero-order valence-electron chi connectivity index (χ0n) is 17.7. The summed E-state index contributed by atoms with van der Waals surface area (Å²) in [7, 11) is 0. The molecule has 1 aliphatic carbocycles. The maximum atomic E-state index is 12.5. The van der Waals surface area contributed by atoms with E-state index >= 15 is 0 Å². The average molecular weight is 395 g/mol. The molecule has 0 aromatic heterocycles. The largest absolute Gasteiger partial charge is 0.458 e. The summed E-state index contributed by atoms with van der Waals surface area (Å²) < 4.78 is 11.0. The highest BCUT2D eigenvalue weighted by molar-refractivity contribution is 5.82. The van der Waals surface area contributed by atoms with Gasteiger partial charge in [-0.2, -0.15) is 0 Å². The first-order valence-electron chi connectivity index (χ1n) is 10.0. The van der Waals surface area contributed by atoms with Gasteiger partial charge in [0.15, 0.2) is 0 Å². The van der Waals surface area contributed by atoms with Crippen LogP contribution in [-0.2, 0) is 14.3 Å². The predicted octanol–water partition coefficient (Wildman–Crippen LogP) is 4.89. The van der Waals surface area contributed by atoms with Gasteiger partial charge in [0, 0.05) is 5.92 Å². The van der Waals surface area contributed by atoms with Gasteiger partial charge in [-0.3, -0.25) is 0 Å². The van der Waals surface area contributed by atoms with Crippen LogP contribution in [0.3, 0.4) is 0 Å². The van der Waals surface area contributed by atoms with E-state index in [4.69, 9.17) is 9.47 Å². The number of esters is 1. The molecule has 29 heavy (non-hydrogen) atoms. The zero-order valence-corrected chi connectivity index (χ0v) is 17.7. The van der Waals surface area contributed by atoms with Crippen LogP contribution in [0.4, 0.5) is 4.79 Å². The van der Waals surface area contributed by atoms with Crippen LogP contribution >= 0.6 is 0 Å². The Kier molecular flexibility index (Phi) is 5.96. The third-order valence-corrected chi connectivity index (χ3v) is 4.94. The number of benzene rings is 2. The van der Waals surface area contributed by atoms with Gasteiger partial charge in [0.1, 0.15) is 18.2 Å². The Balaban J connectivity index is 1.68. The van der Waals surface area contributed by atoms with Gasteiger partial charge in [0.05, 0.1) is 0 Å². The smallest absolute Gasteiger partial charge is 0.407 e. The molecule has 2 aromatic rings. The van der Waals surface area contributed by atoms with Crippen LogP contribution in [0.15, 0.2) is 48.5 Å². The molecule has 1 atom stereocenters. The fourth-order valence-electron chi connectivity index (χ4n) is 3.63. The molecular formula is C24H29NO4. The number of hydrogen-bond donors (Lipinski definition) is 1. The Hall–Kier alpha value is -2.82. The lowest BCUT2D eigenvalue weighted by Gasteiger charge is -2.26. The number of amides is 1. The average Bonchev–Trinajstić information content (AvgIpc) is 2.96. The van der Waals surface area contributed by atoms with Crippen molar-refractivity contribution in [3.05, 3.63) is 59.7 Å². The monoisotopic (exact) mass is 395 g/mol. The minimum absolute atomic E-state index is 0.0211. The van der Waals surface area contributed by atoms with E-state index in [1.165, 1.54) is 11.1 Å². The van der Waals surface area contributed by atoms with E-state index in [0.717, 1.165) is 11.1 Å². The Labute approximate surface area is 172 Å². The molecule has 5 nitrogen and oxygen atoms in total. The molecule has 0 saturated heterocycles. The van der Waals surface area contributed by atoms with Crippen molar-refractivity contribution >= 4 is 12.1 Å². The molecule has 1 N–H and O–H groups in total. The van der Waals surface area contributed by atoms with E-state index < -0.39 is 23.7 Å². The number of hydrogen-bond acceptors (Lipinski definition) is 4. The van der Waals surface area contributed by atoms with Gasteiger partial charge < -0.3 is 14.8 Å². The summed E-state index contributed by atoms with van der Waals surface area (Å²) in [5.74, 6) is -0.599. The Morgan fingerprint density at radius 3 is 1.97 bits per heavy atom. The highest BCUT2D eigenvalue weighted by Crippen LogP contribution is 2.44. The minimum atomic E-state index is -0.759. The second kappa shape index (κ2) is 8.27. The number of fused-ring (bicyclic) bond motifs is 3. The van der Waals surface area contributed by atoms with E-state index in [2.05, 4.69) is 29.6 Å². The van der Waals surface area contributed by atoms with Crippen molar-refractivity contribution in [3.8, 4) is 11.1 Å². The summed E-state index contributed by atoms with van der Waals surface area (Å²) >= 11 is 0. The van der Waals surface area contributed by atoms with Gasteiger partial charge >= 0.3 is 12.1 Å². The quantitative estimate of drug-likeness (QED) is 0.732. The lowest BCUT2D eigenvalue weighted by atomic mass is 9.98. The van der Waals surface area contributed by atoms with E-state index in [1.807, 2.05) is 38.1 Å². The molecule has 0 heterocycles. The molecule has 0 saturated carbocycles. The van der Waals surface area contributed by atoms with Gasteiger partial charge in [0.2, 0.25) is 0 Å². The van der Waals surface area contributed by atoms with E-state index in [0.29, 0.717) is 0 Å². The summed E-state index contributed by atoms with van der Waals surface area (Å²) in [6, 6.07) is 15.6. The molecule has 0 spiro atoms. The summed E-state index contributed by atoms with van der Waals surface area (Å²) in [6.45, 7) is 9.33. The molecule has 0 aliphatic heterocycles. The first-order chi connectivity index (χ1) is 13.7. The Morgan fingerprint density at radius 1 is 0.966 bits per heavy atom.